The van der Waals surface area contributed by atoms with E-state index < -0.39 is 16.0 Å². The number of H-pyrrole nitrogens is 1. The van der Waals surface area contributed by atoms with Crippen molar-refractivity contribution < 1.29 is 23.1 Å². The van der Waals surface area contributed by atoms with Gasteiger partial charge in [0.15, 0.2) is 5.88 Å². The van der Waals surface area contributed by atoms with Crippen LogP contribution in [0, 0.1) is 0 Å². The van der Waals surface area contributed by atoms with Gasteiger partial charge >= 0.3 is 5.97 Å². The number of nitrogens with one attached hydrogen (secondary N) is 1. The number of hydrogen-bond acceptors (Lipinski definition) is 7. The maximum atomic E-state index is 12.4. The van der Waals surface area contributed by atoms with Crippen molar-refractivity contribution in [2.45, 2.75) is 6.92 Å². The highest BCUT2D eigenvalue weighted by Crippen LogP contribution is 2.32. The summed E-state index contributed by atoms with van der Waals surface area (Å²) in [5, 5.41) is 11.6. The third-order valence-electron chi connectivity index (χ3n) is 6.10. The fourth-order valence-electron chi connectivity index (χ4n) is 4.22. The molecule has 0 aliphatic rings. The van der Waals surface area contributed by atoms with E-state index in [9.17, 15) is 18.3 Å². The van der Waals surface area contributed by atoms with Gasteiger partial charge in [-0.3, -0.25) is 4.31 Å². The summed E-state index contributed by atoms with van der Waals surface area (Å²) in [5.74, 6) is -0.530. The second-order valence-corrected chi connectivity index (χ2v) is 11.2. The molecule has 2 N–H and O–H groups in total. The van der Waals surface area contributed by atoms with Crippen LogP contribution in [0.2, 0.25) is 0 Å². The van der Waals surface area contributed by atoms with Gasteiger partial charge in [0.05, 0.1) is 41.1 Å². The number of aromatic hydroxyl groups is 1. The molecule has 9 nitrogen and oxygen atoms in total. The van der Waals surface area contributed by atoms with E-state index in [4.69, 9.17) is 9.73 Å². The smallest absolute Gasteiger partial charge is 0.338 e. The van der Waals surface area contributed by atoms with E-state index in [2.05, 4.69) is 4.98 Å². The molecule has 0 saturated heterocycles. The topological polar surface area (TPSA) is 115 Å². The summed E-state index contributed by atoms with van der Waals surface area (Å²) in [6.45, 7) is 2.90. The van der Waals surface area contributed by atoms with Gasteiger partial charge in [0.2, 0.25) is 10.0 Å². The molecule has 0 aliphatic carbocycles. The van der Waals surface area contributed by atoms with Crippen LogP contribution in [0.3, 0.4) is 0 Å². The van der Waals surface area contributed by atoms with E-state index in [1.165, 1.54) is 10.6 Å². The Morgan fingerprint density at radius 1 is 0.974 bits per heavy atom. The first-order valence-electron chi connectivity index (χ1n) is 12.5. The van der Waals surface area contributed by atoms with Crippen molar-refractivity contribution in [2.75, 3.05) is 44.4 Å². The second kappa shape index (κ2) is 11.7. The summed E-state index contributed by atoms with van der Waals surface area (Å²) in [5.41, 5.74) is 3.84. The molecule has 0 amide bonds. The number of aliphatic imine (C=N–C) groups is 1. The number of sulfonamides is 1. The summed E-state index contributed by atoms with van der Waals surface area (Å²) in [4.78, 5) is 22.0. The average Bonchev–Trinajstić information content (AvgIpc) is 3.22. The Morgan fingerprint density at radius 3 is 2.28 bits per heavy atom. The summed E-state index contributed by atoms with van der Waals surface area (Å²) in [6, 6.07) is 21.4. The number of likely N-dealkylation sites (N-methyl/N-ethyl adjacent to an activating group) is 1. The molecule has 0 atom stereocenters. The molecule has 0 spiro atoms. The molecular weight excluding hydrogens is 516 g/mol. The van der Waals surface area contributed by atoms with Crippen molar-refractivity contribution in [3.05, 3.63) is 89.5 Å². The van der Waals surface area contributed by atoms with Crippen molar-refractivity contribution in [2.24, 2.45) is 4.99 Å². The zero-order valence-electron chi connectivity index (χ0n) is 22.4. The fraction of sp³-hybridized carbons (Fsp3) is 0.241. The second-order valence-electron chi connectivity index (χ2n) is 9.31. The van der Waals surface area contributed by atoms with Crippen LogP contribution in [-0.4, -0.2) is 75.1 Å². The number of ether oxygens (including phenoxy) is 1. The minimum atomic E-state index is -3.47. The number of fused-ring (bicyclic) bond motifs is 1. The Labute approximate surface area is 228 Å². The number of carbonyl (C=O) groups is 1. The van der Waals surface area contributed by atoms with Crippen LogP contribution in [-0.2, 0) is 14.8 Å². The Kier molecular flexibility index (Phi) is 8.37. The molecule has 39 heavy (non-hydrogen) atoms. The third kappa shape index (κ3) is 6.47. The lowest BCUT2D eigenvalue weighted by Crippen LogP contribution is -2.35. The van der Waals surface area contributed by atoms with Crippen LogP contribution in [0.1, 0.15) is 28.4 Å². The van der Waals surface area contributed by atoms with Crippen molar-refractivity contribution >= 4 is 44.0 Å². The Hall–Kier alpha value is -4.15. The van der Waals surface area contributed by atoms with Crippen LogP contribution in [0.4, 0.5) is 11.4 Å². The van der Waals surface area contributed by atoms with E-state index >= 15 is 0 Å². The number of carbonyl (C=O) groups excluding carboxylic acids is 1. The molecule has 1 heterocycles. The number of aromatic amines is 1. The van der Waals surface area contributed by atoms with Gasteiger partial charge < -0.3 is 19.7 Å². The van der Waals surface area contributed by atoms with Crippen molar-refractivity contribution in [3.8, 4) is 5.88 Å². The first-order valence-corrected chi connectivity index (χ1v) is 14.3. The van der Waals surface area contributed by atoms with Gasteiger partial charge in [-0.25, -0.2) is 18.2 Å². The molecule has 0 bridgehead atoms. The fourth-order valence-corrected chi connectivity index (χ4v) is 5.14. The van der Waals surface area contributed by atoms with Crippen LogP contribution in [0.15, 0.2) is 77.8 Å². The lowest BCUT2D eigenvalue weighted by molar-refractivity contribution is 0.0526. The molecule has 1 aromatic heterocycles. The molecule has 4 rings (SSSR count). The summed E-state index contributed by atoms with van der Waals surface area (Å²) in [7, 11) is 0.309. The number of rotatable bonds is 10. The van der Waals surface area contributed by atoms with Crippen LogP contribution < -0.4 is 4.31 Å². The molecule has 204 valence electrons. The molecular formula is C29H32N4O5S. The lowest BCUT2D eigenvalue weighted by Gasteiger charge is -2.24. The Morgan fingerprint density at radius 2 is 1.67 bits per heavy atom. The number of hydrogen-bond donors (Lipinski definition) is 2. The molecule has 0 unspecified atom stereocenters. The largest absolute Gasteiger partial charge is 0.494 e. The molecule has 3 aromatic carbocycles. The molecule has 0 saturated carbocycles. The van der Waals surface area contributed by atoms with Gasteiger partial charge in [-0.1, -0.05) is 36.4 Å². The minimum absolute atomic E-state index is 0.0860. The molecule has 10 heteroatoms. The highest BCUT2D eigenvalue weighted by atomic mass is 32.2. The van der Waals surface area contributed by atoms with Gasteiger partial charge in [0.1, 0.15) is 0 Å². The number of aromatic nitrogens is 1. The average molecular weight is 549 g/mol. The molecule has 0 aliphatic heterocycles. The SMILES string of the molecule is CCOC(=O)c1ccc2c(C(=Nc3ccc(N(CCN(C)C)S(C)(=O)=O)cc3)c3ccccc3)c(O)[nH]c2c1. The van der Waals surface area contributed by atoms with E-state index in [0.717, 1.165) is 5.56 Å². The highest BCUT2D eigenvalue weighted by Gasteiger charge is 2.21. The third-order valence-corrected chi connectivity index (χ3v) is 7.30. The zero-order chi connectivity index (χ0) is 28.2. The summed E-state index contributed by atoms with van der Waals surface area (Å²) in [6.07, 6.45) is 1.19. The first kappa shape index (κ1) is 27.9. The number of benzene rings is 3. The van der Waals surface area contributed by atoms with Gasteiger partial charge in [-0.15, -0.1) is 0 Å². The van der Waals surface area contributed by atoms with Gasteiger partial charge in [0, 0.05) is 29.6 Å². The van der Waals surface area contributed by atoms with E-state index in [-0.39, 0.29) is 12.5 Å². The van der Waals surface area contributed by atoms with Gasteiger partial charge in [0.25, 0.3) is 0 Å². The molecule has 0 radical (unpaired) electrons. The van der Waals surface area contributed by atoms with Crippen molar-refractivity contribution in [1.29, 1.82) is 0 Å². The van der Waals surface area contributed by atoms with Gasteiger partial charge in [-0.2, -0.15) is 0 Å². The first-order chi connectivity index (χ1) is 18.6. The maximum absolute atomic E-state index is 12.4. The molecule has 4 aromatic rings. The van der Waals surface area contributed by atoms with Crippen LogP contribution in [0.5, 0.6) is 5.88 Å². The monoisotopic (exact) mass is 548 g/mol. The standard InChI is InChI=1S/C29H32N4O5S/c1-5-38-29(35)21-11-16-24-25(19-21)31-28(34)26(24)27(20-9-7-6-8-10-20)30-22-12-14-23(15-13-22)33(39(4,36)37)18-17-32(2)3/h6-16,19,31,34H,5,17-18H2,1-4H3. The number of esters is 1. The molecule has 0 fully saturated rings. The van der Waals surface area contributed by atoms with Crippen LogP contribution in [0.25, 0.3) is 10.9 Å². The van der Waals surface area contributed by atoms with E-state index in [1.54, 1.807) is 49.4 Å². The minimum Gasteiger partial charge on any atom is -0.494 e. The Balaban J connectivity index is 1.78. The van der Waals surface area contributed by atoms with Crippen LogP contribution >= 0.6 is 0 Å². The number of anilines is 1. The van der Waals surface area contributed by atoms with Gasteiger partial charge in [-0.05, 0) is 57.4 Å². The predicted octanol–water partition coefficient (Wildman–Crippen LogP) is 4.55. The van der Waals surface area contributed by atoms with E-state index in [0.29, 0.717) is 52.2 Å². The Bertz CT molecular complexity index is 1590. The number of nitrogens with zero attached hydrogens (tertiary/aromatic N) is 3. The predicted molar refractivity (Wildman–Crippen MR) is 155 cm³/mol. The quantitative estimate of drug-likeness (QED) is 0.222. The highest BCUT2D eigenvalue weighted by molar-refractivity contribution is 7.92. The zero-order valence-corrected chi connectivity index (χ0v) is 23.2. The summed E-state index contributed by atoms with van der Waals surface area (Å²) < 4.78 is 31.3. The van der Waals surface area contributed by atoms with E-state index in [1.807, 2.05) is 49.3 Å². The summed E-state index contributed by atoms with van der Waals surface area (Å²) >= 11 is 0. The maximum Gasteiger partial charge on any atom is 0.338 e. The normalized spacial score (nSPS) is 12.2. The van der Waals surface area contributed by atoms with Crippen molar-refractivity contribution in [1.82, 2.24) is 9.88 Å². The lowest BCUT2D eigenvalue weighted by atomic mass is 10.00. The van der Waals surface area contributed by atoms with Crippen molar-refractivity contribution in [3.63, 3.8) is 0 Å².